The van der Waals surface area contributed by atoms with E-state index in [0.29, 0.717) is 0 Å². The van der Waals surface area contributed by atoms with E-state index in [-0.39, 0.29) is 49.4 Å². The fourth-order valence-electron chi connectivity index (χ4n) is 0.289. The van der Waals surface area contributed by atoms with E-state index in [9.17, 15) is 0 Å². The van der Waals surface area contributed by atoms with Crippen LogP contribution >= 0.6 is 18.8 Å². The molecule has 0 heterocycles. The topological polar surface area (TPSA) is 192 Å². The monoisotopic (exact) mass is 686 g/mol. The average Bonchev–Trinajstić information content (AvgIpc) is 2.08. The second-order valence-electron chi connectivity index (χ2n) is 1.28. The molecule has 118 valence electrons. The van der Waals surface area contributed by atoms with Gasteiger partial charge in [0.2, 0.25) is 0 Å². The van der Waals surface area contributed by atoms with Crippen molar-refractivity contribution >= 4 is 18.8 Å². The van der Waals surface area contributed by atoms with Crippen LogP contribution in [0.5, 0.6) is 0 Å². The molecule has 16 heavy (non-hydrogen) atoms. The van der Waals surface area contributed by atoms with Crippen molar-refractivity contribution in [1.29, 1.82) is 0 Å². The van der Waals surface area contributed by atoms with Crippen molar-refractivity contribution in [3.8, 4) is 0 Å². The van der Waals surface area contributed by atoms with E-state index in [2.05, 4.69) is 18.8 Å². The Bertz CT molecular complexity index is 42.5. The van der Waals surface area contributed by atoms with Gasteiger partial charge in [0.25, 0.3) is 0 Å². The number of halogens is 4. The molecule has 0 saturated carbocycles. The van der Waals surface area contributed by atoms with Gasteiger partial charge in [-0.1, -0.05) is 0 Å². The normalized spacial score (nSPS) is 4.25. The van der Waals surface area contributed by atoms with Gasteiger partial charge in [-0.3, -0.25) is 0 Å². The van der Waals surface area contributed by atoms with Crippen LogP contribution < -0.4 is 60.9 Å². The van der Waals surface area contributed by atoms with E-state index < -0.39 is 0 Å². The fraction of sp³-hybridized carbons (Fsp3) is 1.00. The van der Waals surface area contributed by atoms with Gasteiger partial charge >= 0.3 is 56.4 Å². The van der Waals surface area contributed by atoms with Crippen LogP contribution in [-0.2, 0) is 37.5 Å². The van der Waals surface area contributed by atoms with Gasteiger partial charge in [0, 0.05) is 0 Å². The van der Waals surface area contributed by atoms with Gasteiger partial charge in [-0.25, -0.2) is 0 Å². The van der Waals surface area contributed by atoms with E-state index in [1.54, 1.807) is 37.5 Å². The van der Waals surface area contributed by atoms with E-state index in [1.807, 2.05) is 0 Å². The molecule has 0 aromatic heterocycles. The summed E-state index contributed by atoms with van der Waals surface area (Å²) in [6.07, 6.45) is 2.13. The number of hydrogen-bond acceptors (Lipinski definition) is 6. The summed E-state index contributed by atoms with van der Waals surface area (Å²) in [5.41, 5.74) is 10.3. The third-order valence-electron chi connectivity index (χ3n) is 0.658. The zero-order valence-electron chi connectivity index (χ0n) is 8.96. The SMILES string of the molecule is N.N.N.N.NCCCCN.[Cl-].[Cl-].[Cl][Pt+].[Cl][Pt+]. The summed E-state index contributed by atoms with van der Waals surface area (Å²) in [5, 5.41) is 0. The van der Waals surface area contributed by atoms with Gasteiger partial charge in [-0.05, 0) is 25.9 Å². The molecule has 0 aromatic carbocycles. The van der Waals surface area contributed by atoms with Crippen LogP contribution in [-0.4, -0.2) is 13.1 Å². The molecule has 0 aliphatic carbocycles. The minimum absolute atomic E-state index is 0. The zero-order chi connectivity index (χ0) is 8.83. The third-order valence-corrected chi connectivity index (χ3v) is 0.658. The van der Waals surface area contributed by atoms with Crippen LogP contribution in [0.25, 0.3) is 0 Å². The van der Waals surface area contributed by atoms with Crippen molar-refractivity contribution < 1.29 is 62.4 Å². The summed E-state index contributed by atoms with van der Waals surface area (Å²) in [5.74, 6) is 0. The maximum absolute atomic E-state index is 5.16. The molecule has 0 atom stereocenters. The molecule has 16 N–H and O–H groups in total. The van der Waals surface area contributed by atoms with Crippen LogP contribution in [0.2, 0.25) is 0 Å². The van der Waals surface area contributed by atoms with Crippen molar-refractivity contribution in [1.82, 2.24) is 24.6 Å². The van der Waals surface area contributed by atoms with Gasteiger partial charge in [0.1, 0.15) is 0 Å². The average molecular weight is 688 g/mol. The van der Waals surface area contributed by atoms with Crippen LogP contribution in [0, 0.1) is 0 Å². The molecule has 6 nitrogen and oxygen atoms in total. The Kier molecular flexibility index (Phi) is 459. The van der Waals surface area contributed by atoms with Gasteiger partial charge < -0.3 is 60.9 Å². The minimum atomic E-state index is 0. The summed E-state index contributed by atoms with van der Waals surface area (Å²) >= 11 is 3.22. The van der Waals surface area contributed by atoms with Crippen molar-refractivity contribution in [2.45, 2.75) is 12.8 Å². The van der Waals surface area contributed by atoms with E-state index in [0.717, 1.165) is 25.9 Å². The van der Waals surface area contributed by atoms with E-state index in [1.165, 1.54) is 0 Å². The Morgan fingerprint density at radius 3 is 0.812 bits per heavy atom. The zero-order valence-corrected chi connectivity index (χ0v) is 16.5. The summed E-state index contributed by atoms with van der Waals surface area (Å²) in [6.45, 7) is 1.55. The Morgan fingerprint density at radius 1 is 0.625 bits per heavy atom. The molecule has 0 saturated heterocycles. The first-order valence-corrected chi connectivity index (χ1v) is 8.19. The van der Waals surface area contributed by atoms with Gasteiger partial charge in [0.05, 0.1) is 0 Å². The molecule has 0 bridgehead atoms. The summed E-state index contributed by atoms with van der Waals surface area (Å²) < 4.78 is 0. The standard InChI is InChI=1S/C4H12N2.4ClH.4H3N.2Pt/c5-3-1-2-4-6;;;;;;;;;;/h1-6H2;4*1H;4*1H3;;/q;;;;;;;;;2*+2/p-4. The predicted octanol–water partition coefficient (Wildman–Crippen LogP) is -4.29. The first-order valence-electron chi connectivity index (χ1n) is 2.56. The van der Waals surface area contributed by atoms with Crippen LogP contribution in [0.3, 0.4) is 0 Å². The fourth-order valence-corrected chi connectivity index (χ4v) is 0.289. The Morgan fingerprint density at radius 2 is 0.750 bits per heavy atom. The van der Waals surface area contributed by atoms with Gasteiger partial charge in [-0.15, -0.1) is 0 Å². The third kappa shape index (κ3) is 136. The number of nitrogens with two attached hydrogens (primary N) is 2. The van der Waals surface area contributed by atoms with Gasteiger partial charge in [0.15, 0.2) is 0 Å². The van der Waals surface area contributed by atoms with Crippen LogP contribution in [0.1, 0.15) is 12.8 Å². The Balaban J connectivity index is -0.00000000643. The Labute approximate surface area is 142 Å². The molecular weight excluding hydrogens is 664 g/mol. The summed E-state index contributed by atoms with van der Waals surface area (Å²) in [4.78, 5) is 0. The molecule has 0 radical (unpaired) electrons. The van der Waals surface area contributed by atoms with Crippen molar-refractivity contribution in [2.24, 2.45) is 11.5 Å². The Hall–Kier alpha value is 2.30. The summed E-state index contributed by atoms with van der Waals surface area (Å²) in [6, 6.07) is 0. The molecule has 0 aliphatic heterocycles. The molecule has 12 heteroatoms. The molecule has 0 rings (SSSR count). The second kappa shape index (κ2) is 116. The van der Waals surface area contributed by atoms with Crippen molar-refractivity contribution in [3.63, 3.8) is 0 Å². The number of unbranched alkanes of at least 4 members (excludes halogenated alkanes) is 1. The summed E-state index contributed by atoms with van der Waals surface area (Å²) in [7, 11) is 9.22. The van der Waals surface area contributed by atoms with Crippen molar-refractivity contribution in [3.05, 3.63) is 0 Å². The van der Waals surface area contributed by atoms with E-state index >= 15 is 0 Å². The van der Waals surface area contributed by atoms with E-state index in [4.69, 9.17) is 11.5 Å². The molecule has 0 spiro atoms. The first-order chi connectivity index (χ1) is 4.91. The van der Waals surface area contributed by atoms with Gasteiger partial charge in [-0.2, -0.15) is 0 Å². The second-order valence-corrected chi connectivity index (χ2v) is 1.28. The molecule has 0 aromatic rings. The quantitative estimate of drug-likeness (QED) is 0.163. The number of hydrogen-bond donors (Lipinski definition) is 6. The van der Waals surface area contributed by atoms with Crippen molar-refractivity contribution in [2.75, 3.05) is 13.1 Å². The molecular formula is C4H24Cl4N6Pt2. The molecule has 0 unspecified atom stereocenters. The first kappa shape index (κ1) is 63.3. The van der Waals surface area contributed by atoms with Crippen LogP contribution in [0.15, 0.2) is 0 Å². The molecule has 0 amide bonds. The number of rotatable bonds is 3. The maximum atomic E-state index is 5.16. The predicted molar refractivity (Wildman–Crippen MR) is 59.1 cm³/mol. The molecule has 0 fully saturated rings. The molecule has 0 aliphatic rings. The van der Waals surface area contributed by atoms with Crippen LogP contribution in [0.4, 0.5) is 0 Å².